The molecule has 30 atom stereocenters. The lowest BCUT2D eigenvalue weighted by molar-refractivity contribution is -0.385. The fourth-order valence-corrected chi connectivity index (χ4v) is 9.63. The van der Waals surface area contributed by atoms with Crippen molar-refractivity contribution in [2.75, 3.05) is 39.6 Å². The second kappa shape index (κ2) is 27.2. The zero-order valence-corrected chi connectivity index (χ0v) is 40.9. The van der Waals surface area contributed by atoms with Gasteiger partial charge < -0.3 is 155 Å². The van der Waals surface area contributed by atoms with Gasteiger partial charge in [0.1, 0.15) is 146 Å². The maximum absolute atomic E-state index is 12.6. The van der Waals surface area contributed by atoms with Crippen LogP contribution in [-0.4, -0.2) is 328 Å². The molecule has 6 saturated heterocycles. The Morgan fingerprint density at radius 3 is 1.21 bits per heavy atom. The minimum Gasteiger partial charge on any atom is -0.394 e. The molecule has 0 bridgehead atoms. The summed E-state index contributed by atoms with van der Waals surface area (Å²) in [4.78, 5) is 36.5. The molecule has 20 N–H and O–H groups in total. The van der Waals surface area contributed by atoms with Crippen molar-refractivity contribution in [1.29, 1.82) is 0 Å². The predicted octanol–water partition coefficient (Wildman–Crippen LogP) is -13.7. The molecule has 0 aromatic rings. The first-order chi connectivity index (χ1) is 35.9. The van der Waals surface area contributed by atoms with E-state index in [1.807, 2.05) is 0 Å². The molecular weight excluding hydrogens is 1040 g/mol. The monoisotopic (exact) mass is 1110 g/mol. The van der Waals surface area contributed by atoms with Gasteiger partial charge in [0, 0.05) is 20.8 Å². The summed E-state index contributed by atoms with van der Waals surface area (Å²) in [5.74, 6) is -2.28. The highest BCUT2D eigenvalue weighted by Crippen LogP contribution is 2.36. The van der Waals surface area contributed by atoms with Gasteiger partial charge in [0.2, 0.25) is 17.7 Å². The number of carbonyl (C=O) groups is 3. The second-order valence-corrected chi connectivity index (χ2v) is 19.0. The van der Waals surface area contributed by atoms with Crippen molar-refractivity contribution >= 4 is 17.7 Å². The molecule has 6 heterocycles. The van der Waals surface area contributed by atoms with Crippen LogP contribution in [0.25, 0.3) is 0 Å². The third-order valence-electron chi connectivity index (χ3n) is 13.6. The molecule has 76 heavy (non-hydrogen) atoms. The van der Waals surface area contributed by atoms with Crippen LogP contribution in [0.1, 0.15) is 20.8 Å². The van der Waals surface area contributed by atoms with Crippen LogP contribution in [0.5, 0.6) is 0 Å². The van der Waals surface area contributed by atoms with E-state index < -0.39 is 241 Å². The lowest BCUT2D eigenvalue weighted by atomic mass is 9.94. The summed E-state index contributed by atoms with van der Waals surface area (Å²) in [5.41, 5.74) is 0. The molecule has 1 unspecified atom stereocenters. The van der Waals surface area contributed by atoms with Gasteiger partial charge in [0.15, 0.2) is 37.7 Å². The first-order valence-corrected chi connectivity index (χ1v) is 24.1. The number of carbonyl (C=O) groups excluding carboxylic acids is 3. The minimum atomic E-state index is -2.27. The summed E-state index contributed by atoms with van der Waals surface area (Å²) in [7, 11) is 0. The Balaban J connectivity index is 1.24. The summed E-state index contributed by atoms with van der Waals surface area (Å²) in [6.07, 6.45) is -51.0. The summed E-state index contributed by atoms with van der Waals surface area (Å²) >= 11 is 0. The van der Waals surface area contributed by atoms with Crippen molar-refractivity contribution in [2.24, 2.45) is 0 Å². The molecule has 440 valence electrons. The Labute approximate surface area is 431 Å². The van der Waals surface area contributed by atoms with E-state index in [1.54, 1.807) is 0 Å². The number of rotatable bonds is 19. The van der Waals surface area contributed by atoms with Gasteiger partial charge >= 0.3 is 0 Å². The Bertz CT molecular complexity index is 1870. The van der Waals surface area contributed by atoms with Gasteiger partial charge in [-0.3, -0.25) is 14.4 Å². The van der Waals surface area contributed by atoms with Gasteiger partial charge in [0.05, 0.1) is 39.6 Å². The number of aliphatic hydroxyl groups is 17. The Morgan fingerprint density at radius 1 is 0.342 bits per heavy atom. The van der Waals surface area contributed by atoms with Crippen LogP contribution < -0.4 is 16.0 Å². The maximum Gasteiger partial charge on any atom is 0.217 e. The van der Waals surface area contributed by atoms with Gasteiger partial charge in [-0.25, -0.2) is 0 Å². The topological polar surface area (TPSA) is 533 Å². The number of hydrogen-bond acceptors (Lipinski definition) is 31. The van der Waals surface area contributed by atoms with Crippen molar-refractivity contribution in [2.45, 2.75) is 205 Å². The van der Waals surface area contributed by atoms with Crippen LogP contribution in [0.2, 0.25) is 0 Å². The number of amides is 3. The van der Waals surface area contributed by atoms with Gasteiger partial charge in [-0.05, 0) is 0 Å². The molecular formula is C42H71N3O31. The van der Waals surface area contributed by atoms with E-state index in [4.69, 9.17) is 52.1 Å². The molecule has 6 aliphatic rings. The molecule has 0 saturated carbocycles. The predicted molar refractivity (Wildman–Crippen MR) is 234 cm³/mol. The smallest absolute Gasteiger partial charge is 0.217 e. The van der Waals surface area contributed by atoms with E-state index in [0.717, 1.165) is 20.8 Å². The zero-order chi connectivity index (χ0) is 56.2. The fraction of sp³-hybridized carbons (Fsp3) is 0.929. The van der Waals surface area contributed by atoms with Crippen LogP contribution in [0.4, 0.5) is 0 Å². The van der Waals surface area contributed by atoms with Crippen LogP contribution >= 0.6 is 0 Å². The van der Waals surface area contributed by atoms with E-state index in [9.17, 15) is 101 Å². The van der Waals surface area contributed by atoms with E-state index in [-0.39, 0.29) is 0 Å². The molecule has 34 nitrogen and oxygen atoms in total. The normalized spacial score (nSPS) is 48.2. The lowest BCUT2D eigenvalue weighted by Crippen LogP contribution is -2.70. The lowest BCUT2D eigenvalue weighted by Gasteiger charge is -2.50. The quantitative estimate of drug-likeness (QED) is 0.0571. The summed E-state index contributed by atoms with van der Waals surface area (Å²) in [6.45, 7) is -2.54. The third-order valence-corrected chi connectivity index (χ3v) is 13.6. The van der Waals surface area contributed by atoms with Crippen LogP contribution in [0.3, 0.4) is 0 Å². The number of nitrogens with one attached hydrogen (secondary N) is 3. The zero-order valence-electron chi connectivity index (χ0n) is 40.9. The van der Waals surface area contributed by atoms with E-state index in [0.29, 0.717) is 0 Å². The van der Waals surface area contributed by atoms with Crippen molar-refractivity contribution in [3.63, 3.8) is 0 Å². The molecule has 34 heteroatoms. The molecule has 0 spiro atoms. The van der Waals surface area contributed by atoms with Gasteiger partial charge in [-0.1, -0.05) is 0 Å². The molecule has 0 aliphatic carbocycles. The van der Waals surface area contributed by atoms with Gasteiger partial charge in [0.25, 0.3) is 0 Å². The fourth-order valence-electron chi connectivity index (χ4n) is 9.63. The standard InChI is InChI=1S/C42H71N3O31/c1-10(51)43-19-26(58)33(15(6-48)67-37(19)65)73-39-21(45-12(3)53)27(59)34(16(7-49)70-39)75-42-32(64)36(76-41-30(62)28(60)23(55)14(5-47)69-41)24(56)18(72-42)9-66-40-31(63)29(61)35(17(8-50)71-40)74-38-20(44-11(2)52)25(57)22(54)13(4-46)68-38/h13-42,46-50,54-65H,4-9H2,1-3H3,(H,43,51)(H,44,52)(H,45,53)/t13-,14-,15-,16-,17-,18-,19-,20-,21-,22-,23-,24-,25-,26-,27-,28+,29-,30+,31+,32+,33-,34-,35-,36+,37-,38?,39+,40+,41-,42+/m1/s1. The second-order valence-electron chi connectivity index (χ2n) is 19.0. The Morgan fingerprint density at radius 2 is 0.697 bits per heavy atom. The molecule has 3 amide bonds. The highest BCUT2D eigenvalue weighted by Gasteiger charge is 2.57. The average Bonchev–Trinajstić information content (AvgIpc) is 3.38. The SMILES string of the molecule is CC(=O)N[C@@H]1[C@@H](O)[C@H](O[C@@H]2O[C@H](CO)[C@@H](O[C@@H]3O[C@H](CO[C@H]4O[C@H](CO)[C@@H](OC5O[C@H](CO)[C@@H](O)[C@H](O)[C@H]5NC(C)=O)[C@H](O)[C@@H]4O)[C@@H](O)[C@H](O[C@H]4O[C@H](CO)[C@@H](O)[C@H](O)[C@@H]4O)[C@@H]3O)[C@H](O)[C@H]2NC(C)=O)[C@@H](CO)O[C@H]1O. The number of aliphatic hydroxyl groups excluding tert-OH is 17. The van der Waals surface area contributed by atoms with Crippen molar-refractivity contribution in [1.82, 2.24) is 16.0 Å². The Hall–Kier alpha value is -2.71. The first kappa shape index (κ1) is 62.5. The number of ether oxygens (including phenoxy) is 11. The van der Waals surface area contributed by atoms with E-state index in [2.05, 4.69) is 16.0 Å². The molecule has 6 aliphatic heterocycles. The average molecular weight is 1110 g/mol. The Kier molecular flexibility index (Phi) is 22.3. The highest BCUT2D eigenvalue weighted by atomic mass is 16.8. The van der Waals surface area contributed by atoms with E-state index >= 15 is 0 Å². The maximum atomic E-state index is 12.6. The van der Waals surface area contributed by atoms with Crippen molar-refractivity contribution in [3.8, 4) is 0 Å². The van der Waals surface area contributed by atoms with Gasteiger partial charge in [-0.2, -0.15) is 0 Å². The van der Waals surface area contributed by atoms with Crippen LogP contribution in [0, 0.1) is 0 Å². The highest BCUT2D eigenvalue weighted by molar-refractivity contribution is 5.74. The van der Waals surface area contributed by atoms with Crippen LogP contribution in [0.15, 0.2) is 0 Å². The van der Waals surface area contributed by atoms with Gasteiger partial charge in [-0.15, -0.1) is 0 Å². The minimum absolute atomic E-state index is 0.717. The molecule has 6 fully saturated rings. The third kappa shape index (κ3) is 13.7. The summed E-state index contributed by atoms with van der Waals surface area (Å²) in [6, 6.07) is -4.82. The summed E-state index contributed by atoms with van der Waals surface area (Å²) < 4.78 is 63.1. The van der Waals surface area contributed by atoms with Crippen molar-refractivity contribution < 1.29 is 153 Å². The van der Waals surface area contributed by atoms with Crippen LogP contribution in [-0.2, 0) is 66.5 Å². The molecule has 0 aromatic carbocycles. The first-order valence-electron chi connectivity index (χ1n) is 24.1. The summed E-state index contributed by atoms with van der Waals surface area (Å²) in [5, 5.41) is 190. The molecule has 0 radical (unpaired) electrons. The molecule has 6 rings (SSSR count). The van der Waals surface area contributed by atoms with Crippen molar-refractivity contribution in [3.05, 3.63) is 0 Å². The van der Waals surface area contributed by atoms with E-state index in [1.165, 1.54) is 0 Å². The number of hydrogen-bond donors (Lipinski definition) is 20. The largest absolute Gasteiger partial charge is 0.394 e. The molecule has 0 aromatic heterocycles.